The smallest absolute Gasteiger partial charge is 0.300 e. The van der Waals surface area contributed by atoms with Gasteiger partial charge in [0.05, 0.1) is 11.6 Å². The summed E-state index contributed by atoms with van der Waals surface area (Å²) in [5.74, 6) is -1.79. The Morgan fingerprint density at radius 1 is 0.853 bits per heavy atom. The first kappa shape index (κ1) is 22.5. The quantitative estimate of drug-likeness (QED) is 0.258. The van der Waals surface area contributed by atoms with Crippen molar-refractivity contribution in [3.63, 3.8) is 0 Å². The summed E-state index contributed by atoms with van der Waals surface area (Å²) in [7, 11) is 0. The molecule has 5 nitrogen and oxygen atoms in total. The highest BCUT2D eigenvalue weighted by Crippen LogP contribution is 2.43. The van der Waals surface area contributed by atoms with E-state index in [9.17, 15) is 19.8 Å². The number of phenols is 1. The number of Topliss-reactive ketones (excluding diaryl/α,β-unsaturated/α-hetero) is 1. The lowest BCUT2D eigenvalue weighted by Crippen LogP contribution is -2.29. The fourth-order valence-electron chi connectivity index (χ4n) is 4.79. The van der Waals surface area contributed by atoms with Crippen LogP contribution in [0.15, 0.2) is 66.2 Å². The summed E-state index contributed by atoms with van der Waals surface area (Å²) in [5, 5.41) is 21.7. The van der Waals surface area contributed by atoms with E-state index < -0.39 is 17.7 Å². The molecule has 1 aliphatic carbocycles. The first-order valence-corrected chi connectivity index (χ1v) is 11.8. The predicted molar refractivity (Wildman–Crippen MR) is 132 cm³/mol. The Morgan fingerprint density at radius 3 is 2.18 bits per heavy atom. The lowest BCUT2D eigenvalue weighted by atomic mass is 9.88. The molecule has 1 amide bonds. The number of anilines is 1. The minimum absolute atomic E-state index is 0.0254. The molecular formula is C27H21Cl2NO4. The van der Waals surface area contributed by atoms with Gasteiger partial charge in [-0.3, -0.25) is 14.5 Å². The Balaban J connectivity index is 1.71. The van der Waals surface area contributed by atoms with Gasteiger partial charge in [-0.15, -0.1) is 0 Å². The van der Waals surface area contributed by atoms with Gasteiger partial charge in [0, 0.05) is 21.3 Å². The molecule has 0 saturated carbocycles. The van der Waals surface area contributed by atoms with Gasteiger partial charge < -0.3 is 10.2 Å². The van der Waals surface area contributed by atoms with E-state index in [1.165, 1.54) is 28.7 Å². The number of fused-ring (bicyclic) bond motifs is 1. The van der Waals surface area contributed by atoms with E-state index in [-0.39, 0.29) is 17.1 Å². The number of aromatic hydroxyl groups is 1. The molecule has 0 radical (unpaired) electrons. The van der Waals surface area contributed by atoms with Gasteiger partial charge in [-0.2, -0.15) is 0 Å². The number of aryl methyl sites for hydroxylation is 2. The molecule has 0 spiro atoms. The van der Waals surface area contributed by atoms with E-state index in [1.54, 1.807) is 30.3 Å². The van der Waals surface area contributed by atoms with Gasteiger partial charge in [0.2, 0.25) is 0 Å². The number of aliphatic hydroxyl groups is 1. The molecule has 1 fully saturated rings. The van der Waals surface area contributed by atoms with Gasteiger partial charge in [0.25, 0.3) is 11.7 Å². The summed E-state index contributed by atoms with van der Waals surface area (Å²) in [6, 6.07) is 15.5. The van der Waals surface area contributed by atoms with Crippen molar-refractivity contribution in [3.8, 4) is 5.75 Å². The maximum absolute atomic E-state index is 13.3. The Labute approximate surface area is 206 Å². The van der Waals surface area contributed by atoms with Crippen LogP contribution in [-0.2, 0) is 22.4 Å². The van der Waals surface area contributed by atoms with E-state index in [4.69, 9.17) is 23.2 Å². The Morgan fingerprint density at radius 2 is 1.50 bits per heavy atom. The van der Waals surface area contributed by atoms with Gasteiger partial charge in [-0.05, 0) is 78.8 Å². The van der Waals surface area contributed by atoms with Gasteiger partial charge in [-0.1, -0.05) is 47.5 Å². The molecule has 7 heteroatoms. The number of hydrogen-bond donors (Lipinski definition) is 2. The molecule has 1 unspecified atom stereocenters. The topological polar surface area (TPSA) is 77.8 Å². The monoisotopic (exact) mass is 493 g/mol. The van der Waals surface area contributed by atoms with Crippen LogP contribution in [-0.4, -0.2) is 21.9 Å². The van der Waals surface area contributed by atoms with Crippen LogP contribution in [0.1, 0.15) is 41.1 Å². The average Bonchev–Trinajstić information content (AvgIpc) is 3.08. The highest BCUT2D eigenvalue weighted by molar-refractivity contribution is 6.52. The average molecular weight is 494 g/mol. The summed E-state index contributed by atoms with van der Waals surface area (Å²) in [4.78, 5) is 27.8. The number of hydrogen-bond acceptors (Lipinski definition) is 4. The normalized spacial score (nSPS) is 19.4. The second kappa shape index (κ2) is 8.82. The van der Waals surface area contributed by atoms with Gasteiger partial charge >= 0.3 is 0 Å². The molecule has 3 aromatic rings. The third-order valence-corrected chi connectivity index (χ3v) is 6.84. The third kappa shape index (κ3) is 3.95. The lowest BCUT2D eigenvalue weighted by molar-refractivity contribution is -0.132. The molecule has 34 heavy (non-hydrogen) atoms. The molecule has 1 heterocycles. The van der Waals surface area contributed by atoms with Crippen LogP contribution in [0.4, 0.5) is 5.69 Å². The van der Waals surface area contributed by atoms with Crippen molar-refractivity contribution >= 4 is 46.3 Å². The van der Waals surface area contributed by atoms with Gasteiger partial charge in [-0.25, -0.2) is 0 Å². The van der Waals surface area contributed by atoms with Crippen LogP contribution in [0, 0.1) is 0 Å². The lowest BCUT2D eigenvalue weighted by Gasteiger charge is -2.26. The zero-order valence-electron chi connectivity index (χ0n) is 18.1. The van der Waals surface area contributed by atoms with E-state index in [0.717, 1.165) is 31.2 Å². The van der Waals surface area contributed by atoms with E-state index in [2.05, 4.69) is 0 Å². The summed E-state index contributed by atoms with van der Waals surface area (Å²) in [5.41, 5.74) is 3.74. The number of carbonyl (C=O) groups excluding carboxylic acids is 2. The molecule has 1 atom stereocenters. The number of rotatable bonds is 3. The number of aliphatic hydroxyl groups excluding tert-OH is 1. The number of carbonyl (C=O) groups is 2. The zero-order valence-corrected chi connectivity index (χ0v) is 19.6. The SMILES string of the molecule is O=C1C(=O)N(c2cc(Cl)cc(Cl)c2)C(c2ccc(O)cc2)/C1=C(/O)c1ccc2c(c1)CCCC2. The molecule has 5 rings (SSSR count). The number of phenolic OH excluding ortho intramolecular Hbond substituents is 1. The fraction of sp³-hybridized carbons (Fsp3) is 0.185. The molecule has 3 aromatic carbocycles. The van der Waals surface area contributed by atoms with Gasteiger partial charge in [0.1, 0.15) is 11.5 Å². The van der Waals surface area contributed by atoms with Gasteiger partial charge in [0.15, 0.2) is 0 Å². The summed E-state index contributed by atoms with van der Waals surface area (Å²) in [6.45, 7) is 0. The second-order valence-corrected chi connectivity index (χ2v) is 9.45. The highest BCUT2D eigenvalue weighted by Gasteiger charge is 2.47. The number of benzene rings is 3. The maximum atomic E-state index is 13.3. The van der Waals surface area contributed by atoms with E-state index in [1.807, 2.05) is 12.1 Å². The largest absolute Gasteiger partial charge is 0.508 e. The van der Waals surface area contributed by atoms with Crippen molar-refractivity contribution in [2.45, 2.75) is 31.7 Å². The van der Waals surface area contributed by atoms with Crippen molar-refractivity contribution in [1.29, 1.82) is 0 Å². The zero-order chi connectivity index (χ0) is 24.0. The minimum atomic E-state index is -0.925. The summed E-state index contributed by atoms with van der Waals surface area (Å²) < 4.78 is 0. The minimum Gasteiger partial charge on any atom is -0.508 e. The van der Waals surface area contributed by atoms with Crippen LogP contribution in [0.2, 0.25) is 10.0 Å². The van der Waals surface area contributed by atoms with Crippen LogP contribution in [0.25, 0.3) is 5.76 Å². The van der Waals surface area contributed by atoms with Crippen LogP contribution in [0.3, 0.4) is 0 Å². The van der Waals surface area contributed by atoms with E-state index >= 15 is 0 Å². The number of halogens is 2. The molecule has 2 N–H and O–H groups in total. The van der Waals surface area contributed by atoms with E-state index in [0.29, 0.717) is 26.9 Å². The molecule has 1 saturated heterocycles. The summed E-state index contributed by atoms with van der Waals surface area (Å²) >= 11 is 12.4. The Hall–Kier alpha value is -3.28. The summed E-state index contributed by atoms with van der Waals surface area (Å²) in [6.07, 6.45) is 4.11. The van der Waals surface area contributed by atoms with Crippen LogP contribution < -0.4 is 4.90 Å². The maximum Gasteiger partial charge on any atom is 0.300 e. The molecule has 0 aromatic heterocycles. The molecule has 2 aliphatic rings. The molecule has 0 bridgehead atoms. The first-order valence-electron chi connectivity index (χ1n) is 11.0. The van der Waals surface area contributed by atoms with Crippen molar-refractivity contribution in [2.24, 2.45) is 0 Å². The first-order chi connectivity index (χ1) is 16.3. The van der Waals surface area contributed by atoms with Crippen LogP contribution in [0.5, 0.6) is 5.75 Å². The molecule has 1 aliphatic heterocycles. The molecule has 172 valence electrons. The van der Waals surface area contributed by atoms with Crippen molar-refractivity contribution in [2.75, 3.05) is 4.90 Å². The number of ketones is 1. The molecular weight excluding hydrogens is 473 g/mol. The van der Waals surface area contributed by atoms with Crippen LogP contribution >= 0.6 is 23.2 Å². The van der Waals surface area contributed by atoms with Crippen molar-refractivity contribution < 1.29 is 19.8 Å². The fourth-order valence-corrected chi connectivity index (χ4v) is 5.30. The highest BCUT2D eigenvalue weighted by atomic mass is 35.5. The van der Waals surface area contributed by atoms with Crippen molar-refractivity contribution in [1.82, 2.24) is 0 Å². The standard InChI is InChI=1S/C27H21Cl2NO4/c28-19-12-20(29)14-21(13-19)30-24(16-7-9-22(31)10-8-16)23(26(33)27(30)34)25(32)18-6-5-15-3-1-2-4-17(15)11-18/h5-14,24,31-32H,1-4H2/b25-23-. The van der Waals surface area contributed by atoms with Crippen molar-refractivity contribution in [3.05, 3.63) is 98.5 Å². The third-order valence-electron chi connectivity index (χ3n) is 6.40. The number of nitrogens with zero attached hydrogens (tertiary/aromatic N) is 1. The predicted octanol–water partition coefficient (Wildman–Crippen LogP) is 6.20. The second-order valence-electron chi connectivity index (χ2n) is 8.58. The number of amides is 1. The Kier molecular flexibility index (Phi) is 5.84. The Bertz CT molecular complexity index is 1330.